The van der Waals surface area contributed by atoms with Gasteiger partial charge >= 0.3 is 6.03 Å². The number of nitrogens with one attached hydrogen (secondary N) is 2. The SMILES string of the molecule is [CH2]c1ccc(NC(=O)Nc2ccccc2OC)cc1. The lowest BCUT2D eigenvalue weighted by molar-refractivity contribution is 0.262. The molecular formula is C15H15N2O2. The molecule has 0 spiro atoms. The van der Waals surface area contributed by atoms with Gasteiger partial charge in [0, 0.05) is 5.69 Å². The smallest absolute Gasteiger partial charge is 0.323 e. The Kier molecular flexibility index (Phi) is 4.03. The molecule has 97 valence electrons. The number of benzene rings is 2. The van der Waals surface area contributed by atoms with Crippen LogP contribution in [0.4, 0.5) is 16.2 Å². The molecular weight excluding hydrogens is 240 g/mol. The number of carbonyl (C=O) groups excluding carboxylic acids is 1. The molecule has 0 atom stereocenters. The van der Waals surface area contributed by atoms with E-state index in [9.17, 15) is 4.79 Å². The fourth-order valence-electron chi connectivity index (χ4n) is 1.62. The molecule has 2 rings (SSSR count). The molecule has 2 aromatic carbocycles. The van der Waals surface area contributed by atoms with Gasteiger partial charge in [-0.2, -0.15) is 0 Å². The number of hydrogen-bond acceptors (Lipinski definition) is 2. The van der Waals surface area contributed by atoms with Gasteiger partial charge < -0.3 is 15.4 Å². The molecule has 4 nitrogen and oxygen atoms in total. The third kappa shape index (κ3) is 3.48. The van der Waals surface area contributed by atoms with Crippen LogP contribution in [0.5, 0.6) is 5.75 Å². The highest BCUT2D eigenvalue weighted by Gasteiger charge is 2.06. The van der Waals surface area contributed by atoms with E-state index < -0.39 is 0 Å². The molecule has 0 aliphatic carbocycles. The summed E-state index contributed by atoms with van der Waals surface area (Å²) in [5.74, 6) is 0.616. The molecule has 1 radical (unpaired) electrons. The van der Waals surface area contributed by atoms with Crippen molar-refractivity contribution in [3.8, 4) is 5.75 Å². The Morgan fingerprint density at radius 2 is 1.74 bits per heavy atom. The van der Waals surface area contributed by atoms with Crippen LogP contribution in [0.25, 0.3) is 0 Å². The zero-order valence-electron chi connectivity index (χ0n) is 10.6. The van der Waals surface area contributed by atoms with E-state index >= 15 is 0 Å². The van der Waals surface area contributed by atoms with Gasteiger partial charge in [-0.15, -0.1) is 0 Å². The van der Waals surface area contributed by atoms with E-state index in [0.29, 0.717) is 17.1 Å². The van der Waals surface area contributed by atoms with E-state index in [0.717, 1.165) is 5.56 Å². The van der Waals surface area contributed by atoms with Gasteiger partial charge in [-0.1, -0.05) is 24.3 Å². The molecule has 19 heavy (non-hydrogen) atoms. The molecule has 2 aromatic rings. The van der Waals surface area contributed by atoms with Crippen LogP contribution in [0.3, 0.4) is 0 Å². The maximum Gasteiger partial charge on any atom is 0.323 e. The maximum absolute atomic E-state index is 11.8. The highest BCUT2D eigenvalue weighted by atomic mass is 16.5. The average molecular weight is 255 g/mol. The number of urea groups is 1. The second-order valence-corrected chi connectivity index (χ2v) is 3.98. The molecule has 0 aliphatic heterocycles. The second-order valence-electron chi connectivity index (χ2n) is 3.98. The van der Waals surface area contributed by atoms with Crippen molar-refractivity contribution in [2.24, 2.45) is 0 Å². The predicted molar refractivity (Wildman–Crippen MR) is 76.5 cm³/mol. The summed E-state index contributed by atoms with van der Waals surface area (Å²) in [6.45, 7) is 3.79. The van der Waals surface area contributed by atoms with Crippen molar-refractivity contribution in [3.05, 3.63) is 61.0 Å². The van der Waals surface area contributed by atoms with E-state index in [-0.39, 0.29) is 6.03 Å². The molecule has 0 saturated heterocycles. The molecule has 0 aromatic heterocycles. The summed E-state index contributed by atoms with van der Waals surface area (Å²) in [5, 5.41) is 5.47. The van der Waals surface area contributed by atoms with Crippen molar-refractivity contribution >= 4 is 17.4 Å². The Labute approximate surface area is 112 Å². The monoisotopic (exact) mass is 255 g/mol. The van der Waals surface area contributed by atoms with Gasteiger partial charge in [0.2, 0.25) is 0 Å². The quantitative estimate of drug-likeness (QED) is 0.881. The van der Waals surface area contributed by atoms with Crippen LogP contribution in [-0.2, 0) is 0 Å². The van der Waals surface area contributed by atoms with Gasteiger partial charge in [-0.3, -0.25) is 0 Å². The summed E-state index contributed by atoms with van der Waals surface area (Å²) in [6, 6.07) is 14.2. The lowest BCUT2D eigenvalue weighted by atomic mass is 10.2. The first-order valence-corrected chi connectivity index (χ1v) is 5.82. The number of methoxy groups -OCH3 is 1. The largest absolute Gasteiger partial charge is 0.495 e. The van der Waals surface area contributed by atoms with Crippen LogP contribution in [-0.4, -0.2) is 13.1 Å². The van der Waals surface area contributed by atoms with E-state index in [1.54, 1.807) is 31.4 Å². The fourth-order valence-corrected chi connectivity index (χ4v) is 1.62. The highest BCUT2D eigenvalue weighted by Crippen LogP contribution is 2.23. The number of hydrogen-bond donors (Lipinski definition) is 2. The third-order valence-electron chi connectivity index (χ3n) is 2.57. The van der Waals surface area contributed by atoms with Crippen molar-refractivity contribution in [1.29, 1.82) is 0 Å². The van der Waals surface area contributed by atoms with Crippen LogP contribution in [0.2, 0.25) is 0 Å². The lowest BCUT2D eigenvalue weighted by Crippen LogP contribution is -2.19. The van der Waals surface area contributed by atoms with Crippen LogP contribution in [0.15, 0.2) is 48.5 Å². The van der Waals surface area contributed by atoms with Crippen molar-refractivity contribution in [2.45, 2.75) is 0 Å². The molecule has 0 heterocycles. The third-order valence-corrected chi connectivity index (χ3v) is 2.57. The molecule has 4 heteroatoms. The first kappa shape index (κ1) is 13.0. The van der Waals surface area contributed by atoms with E-state index in [4.69, 9.17) is 4.74 Å². The summed E-state index contributed by atoms with van der Waals surface area (Å²) in [4.78, 5) is 11.8. The summed E-state index contributed by atoms with van der Waals surface area (Å²) < 4.78 is 5.16. The Bertz CT molecular complexity index is 565. The van der Waals surface area contributed by atoms with Crippen LogP contribution >= 0.6 is 0 Å². The average Bonchev–Trinajstić information content (AvgIpc) is 2.42. The van der Waals surface area contributed by atoms with Crippen molar-refractivity contribution < 1.29 is 9.53 Å². The Balaban J connectivity index is 2.03. The van der Waals surface area contributed by atoms with Crippen molar-refractivity contribution in [3.63, 3.8) is 0 Å². The number of rotatable bonds is 3. The van der Waals surface area contributed by atoms with Crippen LogP contribution in [0, 0.1) is 6.92 Å². The first-order valence-electron chi connectivity index (χ1n) is 5.82. The zero-order valence-corrected chi connectivity index (χ0v) is 10.6. The van der Waals surface area contributed by atoms with Crippen LogP contribution < -0.4 is 15.4 Å². The number of carbonyl (C=O) groups is 1. The number of ether oxygens (including phenoxy) is 1. The van der Waals surface area contributed by atoms with Gasteiger partial charge in [0.15, 0.2) is 0 Å². The van der Waals surface area contributed by atoms with Gasteiger partial charge in [0.05, 0.1) is 12.8 Å². The summed E-state index contributed by atoms with van der Waals surface area (Å²) >= 11 is 0. The topological polar surface area (TPSA) is 50.4 Å². The number of amides is 2. The Morgan fingerprint density at radius 1 is 1.05 bits per heavy atom. The molecule has 0 bridgehead atoms. The molecule has 2 amide bonds. The van der Waals surface area contributed by atoms with E-state index in [2.05, 4.69) is 17.6 Å². The Morgan fingerprint density at radius 3 is 2.42 bits per heavy atom. The Hall–Kier alpha value is -2.49. The van der Waals surface area contributed by atoms with Gasteiger partial charge in [0.25, 0.3) is 0 Å². The van der Waals surface area contributed by atoms with Crippen LogP contribution in [0.1, 0.15) is 5.56 Å². The van der Waals surface area contributed by atoms with Gasteiger partial charge in [-0.05, 0) is 36.8 Å². The minimum absolute atomic E-state index is 0.318. The minimum Gasteiger partial charge on any atom is -0.495 e. The highest BCUT2D eigenvalue weighted by molar-refractivity contribution is 6.00. The standard InChI is InChI=1S/C15H15N2O2/c1-11-7-9-12(10-8-11)16-15(18)17-13-5-3-4-6-14(13)19-2/h3-10H,1H2,2H3,(H2,16,17,18). The second kappa shape index (κ2) is 5.91. The van der Waals surface area contributed by atoms with Gasteiger partial charge in [-0.25, -0.2) is 4.79 Å². The van der Waals surface area contributed by atoms with E-state index in [1.807, 2.05) is 24.3 Å². The minimum atomic E-state index is -0.318. The van der Waals surface area contributed by atoms with Crippen molar-refractivity contribution in [2.75, 3.05) is 17.7 Å². The molecule has 0 saturated carbocycles. The van der Waals surface area contributed by atoms with Gasteiger partial charge in [0.1, 0.15) is 5.75 Å². The van der Waals surface area contributed by atoms with Crippen molar-refractivity contribution in [1.82, 2.24) is 0 Å². The fraction of sp³-hybridized carbons (Fsp3) is 0.0667. The molecule has 2 N–H and O–H groups in total. The lowest BCUT2D eigenvalue weighted by Gasteiger charge is -2.11. The zero-order chi connectivity index (χ0) is 13.7. The number of anilines is 2. The summed E-state index contributed by atoms with van der Waals surface area (Å²) in [7, 11) is 1.56. The predicted octanol–water partition coefficient (Wildman–Crippen LogP) is 3.52. The maximum atomic E-state index is 11.8. The first-order chi connectivity index (χ1) is 9.19. The van der Waals surface area contributed by atoms with E-state index in [1.165, 1.54) is 0 Å². The normalized spacial score (nSPS) is 9.79. The molecule has 0 aliphatic rings. The summed E-state index contributed by atoms with van der Waals surface area (Å²) in [6.07, 6.45) is 0. The number of para-hydroxylation sites is 2. The molecule has 0 unspecified atom stereocenters. The summed E-state index contributed by atoms with van der Waals surface area (Å²) in [5.41, 5.74) is 2.23. The molecule has 0 fully saturated rings.